The zero-order chi connectivity index (χ0) is 21.4. The molecule has 3 aromatic rings. The number of sulfonamides is 1. The van der Waals surface area contributed by atoms with E-state index in [9.17, 15) is 21.6 Å². The first-order valence-electron chi connectivity index (χ1n) is 7.99. The molecule has 0 spiro atoms. The van der Waals surface area contributed by atoms with E-state index in [1.165, 1.54) is 42.5 Å². The van der Waals surface area contributed by atoms with Gasteiger partial charge < -0.3 is 4.57 Å². The van der Waals surface area contributed by atoms with Gasteiger partial charge in [0.15, 0.2) is 14.6 Å². The molecule has 3 rings (SSSR count). The van der Waals surface area contributed by atoms with E-state index in [4.69, 9.17) is 11.6 Å². The van der Waals surface area contributed by atoms with Crippen molar-refractivity contribution in [1.82, 2.24) is 4.57 Å². The number of sulfone groups is 1. The van der Waals surface area contributed by atoms with Crippen LogP contribution in [0, 0.1) is 12.3 Å². The summed E-state index contributed by atoms with van der Waals surface area (Å²) in [6.45, 7) is 0.101. The molecule has 0 saturated heterocycles. The van der Waals surface area contributed by atoms with Crippen LogP contribution in [0.1, 0.15) is 10.4 Å². The number of thiazole rings is 1. The van der Waals surface area contributed by atoms with E-state index in [0.717, 1.165) is 17.6 Å². The Morgan fingerprint density at radius 2 is 1.90 bits per heavy atom. The van der Waals surface area contributed by atoms with E-state index >= 15 is 0 Å². The summed E-state index contributed by atoms with van der Waals surface area (Å²) in [6.07, 6.45) is 6.46. The monoisotopic (exact) mass is 449 g/mol. The highest BCUT2D eigenvalue weighted by molar-refractivity contribution is 7.90. The number of hydrogen-bond acceptors (Lipinski definition) is 6. The molecule has 150 valence electrons. The van der Waals surface area contributed by atoms with E-state index in [1.54, 1.807) is 4.57 Å². The summed E-state index contributed by atoms with van der Waals surface area (Å²) in [5, 5.41) is 5.17. The van der Waals surface area contributed by atoms with Crippen molar-refractivity contribution in [3.63, 3.8) is 0 Å². The Labute approximate surface area is 171 Å². The molecular formula is C18H15N3O5S3. The Kier molecular flexibility index (Phi) is 5.46. The molecule has 8 nitrogen and oxygen atoms in total. The number of rotatable bonds is 4. The summed E-state index contributed by atoms with van der Waals surface area (Å²) >= 11 is 1.07. The topological polar surface area (TPSA) is 129 Å². The molecule has 0 unspecified atom stereocenters. The van der Waals surface area contributed by atoms with Gasteiger partial charge in [0.05, 0.1) is 26.6 Å². The largest absolute Gasteiger partial charge is 0.305 e. The van der Waals surface area contributed by atoms with Crippen molar-refractivity contribution in [2.45, 2.75) is 16.3 Å². The van der Waals surface area contributed by atoms with Crippen LogP contribution >= 0.6 is 11.3 Å². The first-order chi connectivity index (χ1) is 13.5. The van der Waals surface area contributed by atoms with Crippen LogP contribution < -0.4 is 9.94 Å². The van der Waals surface area contributed by atoms with Gasteiger partial charge in [0.2, 0.25) is 10.0 Å². The van der Waals surface area contributed by atoms with Crippen LogP contribution in [-0.2, 0) is 26.4 Å². The highest BCUT2D eigenvalue weighted by atomic mass is 32.2. The SMILES string of the molecule is C#CCn1c(=NC(=O)c2cccc(S(C)(=O)=O)c2)sc2cc(S(N)(=O)=O)ccc21. The lowest BCUT2D eigenvalue weighted by molar-refractivity contribution is 0.0997. The van der Waals surface area contributed by atoms with E-state index in [1.807, 2.05) is 0 Å². The summed E-state index contributed by atoms with van der Waals surface area (Å²) in [6, 6.07) is 9.82. The van der Waals surface area contributed by atoms with Gasteiger partial charge in [-0.1, -0.05) is 23.3 Å². The molecule has 0 aliphatic carbocycles. The molecule has 11 heteroatoms. The Balaban J connectivity index is 2.18. The average molecular weight is 450 g/mol. The molecule has 0 fully saturated rings. The van der Waals surface area contributed by atoms with Crippen molar-refractivity contribution in [2.75, 3.05) is 6.26 Å². The second-order valence-electron chi connectivity index (χ2n) is 6.07. The first-order valence-corrected chi connectivity index (χ1v) is 12.2. The maximum Gasteiger partial charge on any atom is 0.279 e. The van der Waals surface area contributed by atoms with Gasteiger partial charge in [0, 0.05) is 11.8 Å². The van der Waals surface area contributed by atoms with Crippen LogP contribution in [0.15, 0.2) is 57.2 Å². The van der Waals surface area contributed by atoms with Gasteiger partial charge in [0.1, 0.15) is 0 Å². The molecule has 1 aromatic heterocycles. The summed E-state index contributed by atoms with van der Waals surface area (Å²) in [5.74, 6) is 1.81. The molecule has 1 heterocycles. The number of primary sulfonamides is 1. The van der Waals surface area contributed by atoms with Gasteiger partial charge in [-0.2, -0.15) is 4.99 Å². The van der Waals surface area contributed by atoms with Gasteiger partial charge in [-0.3, -0.25) is 4.79 Å². The van der Waals surface area contributed by atoms with Crippen molar-refractivity contribution in [1.29, 1.82) is 0 Å². The van der Waals surface area contributed by atoms with Crippen LogP contribution in [0.25, 0.3) is 10.2 Å². The summed E-state index contributed by atoms with van der Waals surface area (Å²) in [5.41, 5.74) is 0.694. The minimum Gasteiger partial charge on any atom is -0.305 e. The highest BCUT2D eigenvalue weighted by Gasteiger charge is 2.14. The molecule has 0 aliphatic rings. The van der Waals surface area contributed by atoms with Crippen LogP contribution in [0.5, 0.6) is 0 Å². The van der Waals surface area contributed by atoms with Crippen LogP contribution in [0.2, 0.25) is 0 Å². The molecule has 0 atom stereocenters. The van der Waals surface area contributed by atoms with Gasteiger partial charge in [-0.25, -0.2) is 22.0 Å². The van der Waals surface area contributed by atoms with E-state index in [2.05, 4.69) is 10.9 Å². The lowest BCUT2D eigenvalue weighted by Gasteiger charge is -2.02. The number of terminal acetylenes is 1. The molecule has 1 amide bonds. The number of fused-ring (bicyclic) bond motifs is 1. The highest BCUT2D eigenvalue weighted by Crippen LogP contribution is 2.21. The Hall–Kier alpha value is -2.78. The number of benzene rings is 2. The number of nitrogens with zero attached hydrogens (tertiary/aromatic N) is 2. The maximum absolute atomic E-state index is 12.6. The zero-order valence-electron chi connectivity index (χ0n) is 15.1. The van der Waals surface area contributed by atoms with E-state index < -0.39 is 25.8 Å². The summed E-state index contributed by atoms with van der Waals surface area (Å²) in [7, 11) is -7.37. The Morgan fingerprint density at radius 3 is 2.52 bits per heavy atom. The maximum atomic E-state index is 12.6. The number of carbonyl (C=O) groups excluding carboxylic acids is 1. The first kappa shape index (κ1) is 20.9. The number of nitrogens with two attached hydrogens (primary N) is 1. The van der Waals surface area contributed by atoms with Crippen LogP contribution in [0.4, 0.5) is 0 Å². The van der Waals surface area contributed by atoms with Crippen molar-refractivity contribution in [3.8, 4) is 12.3 Å². The summed E-state index contributed by atoms with van der Waals surface area (Å²) in [4.78, 5) is 16.9. The molecular weight excluding hydrogens is 434 g/mol. The minimum absolute atomic E-state index is 0.00388. The predicted molar refractivity (Wildman–Crippen MR) is 109 cm³/mol. The van der Waals surface area contributed by atoms with Crippen LogP contribution in [-0.4, -0.2) is 33.6 Å². The molecule has 0 aliphatic heterocycles. The van der Waals surface area contributed by atoms with Gasteiger partial charge in [0.25, 0.3) is 5.91 Å². The van der Waals surface area contributed by atoms with Gasteiger partial charge in [-0.05, 0) is 36.4 Å². The quantitative estimate of drug-likeness (QED) is 0.597. The van der Waals surface area contributed by atoms with Gasteiger partial charge >= 0.3 is 0 Å². The van der Waals surface area contributed by atoms with Crippen molar-refractivity contribution < 1.29 is 21.6 Å². The third-order valence-electron chi connectivity index (χ3n) is 3.94. The molecule has 29 heavy (non-hydrogen) atoms. The average Bonchev–Trinajstić information content (AvgIpc) is 2.97. The predicted octanol–water partition coefficient (Wildman–Crippen LogP) is 1.13. The van der Waals surface area contributed by atoms with E-state index in [-0.39, 0.29) is 26.7 Å². The van der Waals surface area contributed by atoms with Crippen molar-refractivity contribution in [3.05, 3.63) is 52.8 Å². The van der Waals surface area contributed by atoms with Crippen molar-refractivity contribution >= 4 is 47.3 Å². The molecule has 0 bridgehead atoms. The third-order valence-corrected chi connectivity index (χ3v) is 7.00. The fraction of sp³-hybridized carbons (Fsp3) is 0.111. The Bertz CT molecular complexity index is 1460. The Morgan fingerprint density at radius 1 is 1.17 bits per heavy atom. The summed E-state index contributed by atoms with van der Waals surface area (Å²) < 4.78 is 48.7. The lowest BCUT2D eigenvalue weighted by Crippen LogP contribution is -2.16. The molecule has 0 saturated carbocycles. The number of hydrogen-bond donors (Lipinski definition) is 1. The van der Waals surface area contributed by atoms with Crippen molar-refractivity contribution in [2.24, 2.45) is 10.1 Å². The van der Waals surface area contributed by atoms with Gasteiger partial charge in [-0.15, -0.1) is 6.42 Å². The van der Waals surface area contributed by atoms with E-state index in [0.29, 0.717) is 10.2 Å². The third kappa shape index (κ3) is 4.46. The second kappa shape index (κ2) is 7.57. The number of amides is 1. The molecule has 0 radical (unpaired) electrons. The molecule has 2 aromatic carbocycles. The molecule has 2 N–H and O–H groups in total. The number of carbonyl (C=O) groups is 1. The fourth-order valence-corrected chi connectivity index (χ4v) is 4.92. The second-order valence-corrected chi connectivity index (χ2v) is 10.7. The lowest BCUT2D eigenvalue weighted by atomic mass is 10.2. The minimum atomic E-state index is -3.89. The fourth-order valence-electron chi connectivity index (χ4n) is 2.57. The smallest absolute Gasteiger partial charge is 0.279 e. The zero-order valence-corrected chi connectivity index (χ0v) is 17.5. The normalized spacial score (nSPS) is 12.8. The standard InChI is InChI=1S/C18H15N3O5S3/c1-3-9-21-15-8-7-14(29(19,25)26)11-16(15)27-18(21)20-17(22)12-5-4-6-13(10-12)28(2,23)24/h1,4-8,10-11H,9H2,2H3,(H2,19,25,26). The van der Waals surface area contributed by atoms with Crippen LogP contribution in [0.3, 0.4) is 0 Å². The number of aromatic nitrogens is 1.